The fourth-order valence-electron chi connectivity index (χ4n) is 0.858. The molecule has 0 amide bonds. The Hall–Kier alpha value is 0.110. The van der Waals surface area contributed by atoms with Gasteiger partial charge in [-0.2, -0.15) is 0 Å². The van der Waals surface area contributed by atoms with E-state index >= 15 is 0 Å². The molecule has 0 bridgehead atoms. The topological polar surface area (TPSA) is 12.9 Å². The molecule has 0 spiro atoms. The summed E-state index contributed by atoms with van der Waals surface area (Å²) in [6, 6.07) is 3.81. The zero-order valence-corrected chi connectivity index (χ0v) is 11.9. The highest BCUT2D eigenvalue weighted by Gasteiger charge is 1.84. The van der Waals surface area contributed by atoms with Crippen molar-refractivity contribution in [1.82, 2.24) is 4.98 Å². The van der Waals surface area contributed by atoms with Gasteiger partial charge in [0, 0.05) is 10.7 Å². The summed E-state index contributed by atoms with van der Waals surface area (Å²) < 4.78 is 1.86. The number of aromatic nitrogens is 1. The number of pyridine rings is 1. The van der Waals surface area contributed by atoms with E-state index in [1.54, 1.807) is 6.20 Å². The van der Waals surface area contributed by atoms with E-state index in [0.29, 0.717) is 0 Å². The van der Waals surface area contributed by atoms with Crippen molar-refractivity contribution < 1.29 is 0 Å². The Morgan fingerprint density at radius 2 is 1.64 bits per heavy atom. The van der Waals surface area contributed by atoms with Gasteiger partial charge in [-0.25, -0.2) is 4.98 Å². The molecule has 0 unspecified atom stereocenters. The average Bonchev–Trinajstić information content (AvgIpc) is 2.20. The van der Waals surface area contributed by atoms with Crippen molar-refractivity contribution in [1.29, 1.82) is 0 Å². The summed E-state index contributed by atoms with van der Waals surface area (Å²) in [5.74, 6) is 0. The van der Waals surface area contributed by atoms with E-state index < -0.39 is 0 Å². The van der Waals surface area contributed by atoms with Gasteiger partial charge in [0.1, 0.15) is 4.60 Å². The van der Waals surface area contributed by atoms with Gasteiger partial charge in [0.2, 0.25) is 0 Å². The number of hydrogen-bond donors (Lipinski definition) is 0. The summed E-state index contributed by atoms with van der Waals surface area (Å²) in [5, 5.41) is 0. The Kier molecular flexibility index (Phi) is 9.73. The Bertz CT molecular complexity index is 196. The molecule has 3 heteroatoms. The van der Waals surface area contributed by atoms with Crippen LogP contribution in [0, 0.1) is 0 Å². The summed E-state index contributed by atoms with van der Waals surface area (Å²) >= 11 is 6.48. The van der Waals surface area contributed by atoms with Crippen LogP contribution in [0.1, 0.15) is 39.5 Å². The molecule has 0 fully saturated rings. The first-order chi connectivity index (χ1) is 6.70. The normalized spacial score (nSPS) is 9.14. The third kappa shape index (κ3) is 8.70. The van der Waals surface area contributed by atoms with E-state index in [0.717, 1.165) is 9.08 Å². The molecule has 0 atom stereocenters. The van der Waals surface area contributed by atoms with E-state index in [2.05, 4.69) is 50.7 Å². The van der Waals surface area contributed by atoms with E-state index in [1.165, 1.54) is 25.7 Å². The number of halogens is 2. The lowest BCUT2D eigenvalue weighted by Gasteiger charge is -1.86. The highest BCUT2D eigenvalue weighted by molar-refractivity contribution is 9.11. The average molecular weight is 323 g/mol. The third-order valence-corrected chi connectivity index (χ3v) is 2.59. The summed E-state index contributed by atoms with van der Waals surface area (Å²) in [4.78, 5) is 3.95. The van der Waals surface area contributed by atoms with E-state index in [-0.39, 0.29) is 0 Å². The van der Waals surface area contributed by atoms with Crippen molar-refractivity contribution in [3.05, 3.63) is 27.4 Å². The van der Waals surface area contributed by atoms with Gasteiger partial charge < -0.3 is 0 Å². The molecular weight excluding hydrogens is 306 g/mol. The van der Waals surface area contributed by atoms with Crippen molar-refractivity contribution in [3.8, 4) is 0 Å². The monoisotopic (exact) mass is 321 g/mol. The van der Waals surface area contributed by atoms with Crippen molar-refractivity contribution in [2.75, 3.05) is 0 Å². The van der Waals surface area contributed by atoms with Gasteiger partial charge in [-0.15, -0.1) is 0 Å². The van der Waals surface area contributed by atoms with Crippen LogP contribution in [-0.4, -0.2) is 4.98 Å². The summed E-state index contributed by atoms with van der Waals surface area (Å²) in [7, 11) is 0. The summed E-state index contributed by atoms with van der Waals surface area (Å²) in [6.07, 6.45) is 7.28. The number of rotatable bonds is 3. The van der Waals surface area contributed by atoms with Crippen molar-refractivity contribution in [2.45, 2.75) is 39.5 Å². The molecule has 0 radical (unpaired) electrons. The molecule has 0 saturated heterocycles. The Balaban J connectivity index is 0.000000255. The molecule has 1 aromatic rings. The minimum absolute atomic E-state index is 0.862. The SMILES string of the molecule is Brc1ccc(Br)nc1.CCCCCC. The molecule has 0 aliphatic carbocycles. The third-order valence-electron chi connectivity index (χ3n) is 1.65. The van der Waals surface area contributed by atoms with Crippen molar-refractivity contribution in [2.24, 2.45) is 0 Å². The molecule has 14 heavy (non-hydrogen) atoms. The van der Waals surface area contributed by atoms with Crippen molar-refractivity contribution in [3.63, 3.8) is 0 Å². The van der Waals surface area contributed by atoms with Gasteiger partial charge in [-0.3, -0.25) is 0 Å². The van der Waals surface area contributed by atoms with Crippen LogP contribution < -0.4 is 0 Å². The molecule has 0 saturated carbocycles. The van der Waals surface area contributed by atoms with Crippen LogP contribution in [0.4, 0.5) is 0 Å². The molecule has 0 aliphatic rings. The van der Waals surface area contributed by atoms with Crippen LogP contribution in [0.2, 0.25) is 0 Å². The number of hydrogen-bond acceptors (Lipinski definition) is 1. The molecule has 1 nitrogen and oxygen atoms in total. The first kappa shape index (κ1) is 14.1. The predicted molar refractivity (Wildman–Crippen MR) is 69.5 cm³/mol. The number of unbranched alkanes of at least 4 members (excludes halogenated alkanes) is 3. The lowest BCUT2D eigenvalue weighted by atomic mass is 10.2. The Morgan fingerprint density at radius 3 is 1.93 bits per heavy atom. The van der Waals surface area contributed by atoms with Crippen LogP contribution >= 0.6 is 31.9 Å². The van der Waals surface area contributed by atoms with Crippen LogP contribution in [0.25, 0.3) is 0 Å². The van der Waals surface area contributed by atoms with Crippen LogP contribution in [0.5, 0.6) is 0 Å². The minimum Gasteiger partial charge on any atom is -0.248 e. The lowest BCUT2D eigenvalue weighted by molar-refractivity contribution is 0.702. The fourth-order valence-corrected chi connectivity index (χ4v) is 1.33. The van der Waals surface area contributed by atoms with Gasteiger partial charge in [-0.05, 0) is 44.0 Å². The maximum absolute atomic E-state index is 3.95. The molecule has 1 aromatic heterocycles. The van der Waals surface area contributed by atoms with Crippen LogP contribution in [0.3, 0.4) is 0 Å². The van der Waals surface area contributed by atoms with E-state index in [4.69, 9.17) is 0 Å². The van der Waals surface area contributed by atoms with E-state index in [1.807, 2.05) is 12.1 Å². The predicted octanol–water partition coefficient (Wildman–Crippen LogP) is 5.19. The molecule has 0 N–H and O–H groups in total. The molecule has 80 valence electrons. The summed E-state index contributed by atoms with van der Waals surface area (Å²) in [6.45, 7) is 4.46. The summed E-state index contributed by atoms with van der Waals surface area (Å²) in [5.41, 5.74) is 0. The van der Waals surface area contributed by atoms with Crippen LogP contribution in [-0.2, 0) is 0 Å². The lowest BCUT2D eigenvalue weighted by Crippen LogP contribution is -1.70. The highest BCUT2D eigenvalue weighted by Crippen LogP contribution is 2.10. The maximum Gasteiger partial charge on any atom is 0.106 e. The Labute approximate surface area is 104 Å². The second kappa shape index (κ2) is 9.66. The smallest absolute Gasteiger partial charge is 0.106 e. The van der Waals surface area contributed by atoms with E-state index in [9.17, 15) is 0 Å². The Morgan fingerprint density at radius 1 is 1.07 bits per heavy atom. The number of nitrogens with zero attached hydrogens (tertiary/aromatic N) is 1. The zero-order chi connectivity index (χ0) is 10.8. The van der Waals surface area contributed by atoms with Gasteiger partial charge in [0.05, 0.1) is 0 Å². The minimum atomic E-state index is 0.862. The van der Waals surface area contributed by atoms with Crippen molar-refractivity contribution >= 4 is 31.9 Å². The highest BCUT2D eigenvalue weighted by atomic mass is 79.9. The second-order valence-electron chi connectivity index (χ2n) is 3.01. The van der Waals surface area contributed by atoms with Gasteiger partial charge in [-0.1, -0.05) is 39.5 Å². The zero-order valence-electron chi connectivity index (χ0n) is 8.76. The standard InChI is InChI=1S/C6H14.C5H3Br2N/c1-3-5-6-4-2;6-4-1-2-5(7)8-3-4/h3-6H2,1-2H3;1-3H. The fraction of sp³-hybridized carbons (Fsp3) is 0.545. The van der Waals surface area contributed by atoms with Crippen LogP contribution in [0.15, 0.2) is 27.4 Å². The first-order valence-electron chi connectivity index (χ1n) is 4.97. The molecule has 1 heterocycles. The van der Waals surface area contributed by atoms with Gasteiger partial charge in [0.15, 0.2) is 0 Å². The van der Waals surface area contributed by atoms with Gasteiger partial charge >= 0.3 is 0 Å². The second-order valence-corrected chi connectivity index (χ2v) is 4.73. The van der Waals surface area contributed by atoms with Gasteiger partial charge in [0.25, 0.3) is 0 Å². The first-order valence-corrected chi connectivity index (χ1v) is 6.56. The molecule has 1 rings (SSSR count). The largest absolute Gasteiger partial charge is 0.248 e. The molecule has 0 aromatic carbocycles. The maximum atomic E-state index is 3.95. The quantitative estimate of drug-likeness (QED) is 0.551. The molecular formula is C11H17Br2N. The molecule has 0 aliphatic heterocycles.